The third-order valence-electron chi connectivity index (χ3n) is 2.13. The third kappa shape index (κ3) is 2.87. The van der Waals surface area contributed by atoms with Crippen molar-refractivity contribution >= 4 is 28.9 Å². The minimum atomic E-state index is 0.660. The standard InChI is InChI=1S/C12H10Cl2N2/c13-10-3-4-11(14)12(6-10)16-8-9-2-1-5-15-7-9/h1-7,16H,8H2. The Morgan fingerprint density at radius 2 is 2.06 bits per heavy atom. The molecular weight excluding hydrogens is 243 g/mol. The highest BCUT2D eigenvalue weighted by Gasteiger charge is 2.00. The molecule has 2 aromatic rings. The lowest BCUT2D eigenvalue weighted by Crippen LogP contribution is -2.00. The molecule has 0 fully saturated rings. The Bertz CT molecular complexity index is 472. The van der Waals surface area contributed by atoms with Gasteiger partial charge in [-0.05, 0) is 29.8 Å². The van der Waals surface area contributed by atoms with Crippen molar-refractivity contribution in [2.75, 3.05) is 5.32 Å². The minimum Gasteiger partial charge on any atom is -0.380 e. The van der Waals surface area contributed by atoms with Crippen LogP contribution in [0.3, 0.4) is 0 Å². The number of nitrogens with zero attached hydrogens (tertiary/aromatic N) is 1. The predicted molar refractivity (Wildman–Crippen MR) is 68.0 cm³/mol. The molecule has 0 radical (unpaired) electrons. The molecule has 16 heavy (non-hydrogen) atoms. The lowest BCUT2D eigenvalue weighted by Gasteiger charge is -2.08. The molecule has 0 saturated carbocycles. The van der Waals surface area contributed by atoms with Crippen LogP contribution in [0.4, 0.5) is 5.69 Å². The average Bonchev–Trinajstić information content (AvgIpc) is 2.32. The third-order valence-corrected chi connectivity index (χ3v) is 2.70. The highest BCUT2D eigenvalue weighted by atomic mass is 35.5. The summed E-state index contributed by atoms with van der Waals surface area (Å²) in [5.74, 6) is 0. The maximum atomic E-state index is 6.03. The van der Waals surface area contributed by atoms with E-state index in [1.54, 1.807) is 24.4 Å². The van der Waals surface area contributed by atoms with Gasteiger partial charge in [-0.15, -0.1) is 0 Å². The molecule has 0 aliphatic rings. The van der Waals surface area contributed by atoms with Crippen molar-refractivity contribution in [1.82, 2.24) is 4.98 Å². The number of aromatic nitrogens is 1. The maximum absolute atomic E-state index is 6.03. The van der Waals surface area contributed by atoms with Gasteiger partial charge in [0.05, 0.1) is 10.7 Å². The molecule has 0 saturated heterocycles. The Hall–Kier alpha value is -1.25. The molecule has 1 heterocycles. The van der Waals surface area contributed by atoms with E-state index < -0.39 is 0 Å². The van der Waals surface area contributed by atoms with Gasteiger partial charge in [-0.2, -0.15) is 0 Å². The molecule has 4 heteroatoms. The number of pyridine rings is 1. The van der Waals surface area contributed by atoms with Crippen molar-refractivity contribution in [1.29, 1.82) is 0 Å². The molecule has 82 valence electrons. The Labute approximate surface area is 104 Å². The van der Waals surface area contributed by atoms with Crippen molar-refractivity contribution < 1.29 is 0 Å². The van der Waals surface area contributed by atoms with E-state index in [0.717, 1.165) is 11.3 Å². The zero-order valence-electron chi connectivity index (χ0n) is 8.45. The first-order valence-corrected chi connectivity index (χ1v) is 5.59. The van der Waals surface area contributed by atoms with Crippen LogP contribution in [0.2, 0.25) is 10.0 Å². The molecule has 0 bridgehead atoms. The van der Waals surface area contributed by atoms with E-state index >= 15 is 0 Å². The molecule has 1 N–H and O–H groups in total. The predicted octanol–water partition coefficient (Wildman–Crippen LogP) is 4.00. The first-order valence-electron chi connectivity index (χ1n) is 4.83. The van der Waals surface area contributed by atoms with E-state index in [-0.39, 0.29) is 0 Å². The Morgan fingerprint density at radius 1 is 1.19 bits per heavy atom. The quantitative estimate of drug-likeness (QED) is 0.894. The molecular formula is C12H10Cl2N2. The summed E-state index contributed by atoms with van der Waals surface area (Å²) in [6.45, 7) is 0.675. The summed E-state index contributed by atoms with van der Waals surface area (Å²) in [4.78, 5) is 4.04. The van der Waals surface area contributed by atoms with Gasteiger partial charge in [0.1, 0.15) is 0 Å². The van der Waals surface area contributed by atoms with Gasteiger partial charge in [0.2, 0.25) is 0 Å². The molecule has 0 aliphatic carbocycles. The van der Waals surface area contributed by atoms with E-state index in [9.17, 15) is 0 Å². The molecule has 0 atom stereocenters. The second-order valence-electron chi connectivity index (χ2n) is 3.34. The monoisotopic (exact) mass is 252 g/mol. The molecule has 0 aliphatic heterocycles. The maximum Gasteiger partial charge on any atom is 0.0638 e. The van der Waals surface area contributed by atoms with Crippen LogP contribution in [0.5, 0.6) is 0 Å². The zero-order valence-corrected chi connectivity index (χ0v) is 9.96. The van der Waals surface area contributed by atoms with Gasteiger partial charge < -0.3 is 5.32 Å². The van der Waals surface area contributed by atoms with Crippen molar-refractivity contribution in [3.05, 3.63) is 58.3 Å². The topological polar surface area (TPSA) is 24.9 Å². The molecule has 0 amide bonds. The number of rotatable bonds is 3. The highest BCUT2D eigenvalue weighted by Crippen LogP contribution is 2.25. The van der Waals surface area contributed by atoms with Crippen LogP contribution in [0, 0.1) is 0 Å². The fourth-order valence-electron chi connectivity index (χ4n) is 1.33. The normalized spacial score (nSPS) is 10.1. The second kappa shape index (κ2) is 5.19. The van der Waals surface area contributed by atoms with E-state index in [1.165, 1.54) is 0 Å². The van der Waals surface area contributed by atoms with Crippen molar-refractivity contribution in [3.63, 3.8) is 0 Å². The van der Waals surface area contributed by atoms with Gasteiger partial charge >= 0.3 is 0 Å². The second-order valence-corrected chi connectivity index (χ2v) is 4.18. The average molecular weight is 253 g/mol. The molecule has 1 aromatic heterocycles. The summed E-state index contributed by atoms with van der Waals surface area (Å²) in [5.41, 5.74) is 1.93. The van der Waals surface area contributed by atoms with Crippen LogP contribution in [0.25, 0.3) is 0 Å². The van der Waals surface area contributed by atoms with Crippen molar-refractivity contribution in [2.24, 2.45) is 0 Å². The minimum absolute atomic E-state index is 0.660. The van der Waals surface area contributed by atoms with Crippen LogP contribution < -0.4 is 5.32 Å². The lowest BCUT2D eigenvalue weighted by molar-refractivity contribution is 1.11. The summed E-state index contributed by atoms with van der Waals surface area (Å²) >= 11 is 11.9. The number of nitrogens with one attached hydrogen (secondary N) is 1. The van der Waals surface area contributed by atoms with Gasteiger partial charge in [-0.3, -0.25) is 4.98 Å². The van der Waals surface area contributed by atoms with Gasteiger partial charge in [-0.25, -0.2) is 0 Å². The van der Waals surface area contributed by atoms with Crippen molar-refractivity contribution in [3.8, 4) is 0 Å². The largest absolute Gasteiger partial charge is 0.380 e. The summed E-state index contributed by atoms with van der Waals surface area (Å²) < 4.78 is 0. The van der Waals surface area contributed by atoms with Crippen LogP contribution in [0.1, 0.15) is 5.56 Å². The molecule has 2 rings (SSSR count). The van der Waals surface area contributed by atoms with E-state index in [4.69, 9.17) is 23.2 Å². The first-order chi connectivity index (χ1) is 7.75. The summed E-state index contributed by atoms with van der Waals surface area (Å²) in [7, 11) is 0. The van der Waals surface area contributed by atoms with Crippen LogP contribution >= 0.6 is 23.2 Å². The van der Waals surface area contributed by atoms with E-state index in [2.05, 4.69) is 10.3 Å². The lowest BCUT2D eigenvalue weighted by atomic mass is 10.2. The van der Waals surface area contributed by atoms with Crippen LogP contribution in [0.15, 0.2) is 42.7 Å². The van der Waals surface area contributed by atoms with Gasteiger partial charge in [0, 0.05) is 24.0 Å². The van der Waals surface area contributed by atoms with E-state index in [1.807, 2.05) is 18.3 Å². The Kier molecular flexibility index (Phi) is 3.65. The first kappa shape index (κ1) is 11.2. The summed E-state index contributed by atoms with van der Waals surface area (Å²) in [5, 5.41) is 4.54. The molecule has 0 spiro atoms. The summed E-state index contributed by atoms with van der Waals surface area (Å²) in [6, 6.07) is 9.24. The van der Waals surface area contributed by atoms with Crippen LogP contribution in [-0.2, 0) is 6.54 Å². The molecule has 0 unspecified atom stereocenters. The zero-order chi connectivity index (χ0) is 11.4. The fraction of sp³-hybridized carbons (Fsp3) is 0.0833. The summed E-state index contributed by atoms with van der Waals surface area (Å²) in [6.07, 6.45) is 3.56. The Balaban J connectivity index is 2.08. The van der Waals surface area contributed by atoms with Gasteiger partial charge in [0.15, 0.2) is 0 Å². The van der Waals surface area contributed by atoms with E-state index in [0.29, 0.717) is 16.6 Å². The molecule has 1 aromatic carbocycles. The fourth-order valence-corrected chi connectivity index (χ4v) is 1.69. The number of hydrogen-bond acceptors (Lipinski definition) is 2. The number of halogens is 2. The number of hydrogen-bond donors (Lipinski definition) is 1. The molecule has 2 nitrogen and oxygen atoms in total. The Morgan fingerprint density at radius 3 is 2.81 bits per heavy atom. The smallest absolute Gasteiger partial charge is 0.0638 e. The van der Waals surface area contributed by atoms with Gasteiger partial charge in [-0.1, -0.05) is 29.3 Å². The number of benzene rings is 1. The van der Waals surface area contributed by atoms with Crippen LogP contribution in [-0.4, -0.2) is 4.98 Å². The highest BCUT2D eigenvalue weighted by molar-refractivity contribution is 6.35. The number of anilines is 1. The van der Waals surface area contributed by atoms with Crippen molar-refractivity contribution in [2.45, 2.75) is 6.54 Å². The van der Waals surface area contributed by atoms with Gasteiger partial charge in [0.25, 0.3) is 0 Å². The SMILES string of the molecule is Clc1ccc(Cl)c(NCc2cccnc2)c1.